The van der Waals surface area contributed by atoms with Crippen LogP contribution < -0.4 is 5.32 Å². The molecule has 1 saturated heterocycles. The van der Waals surface area contributed by atoms with E-state index in [0.29, 0.717) is 0 Å². The first-order valence-electron chi connectivity index (χ1n) is 4.50. The Morgan fingerprint density at radius 3 is 2.50 bits per heavy atom. The Bertz CT molecular complexity index is 291. The highest BCUT2D eigenvalue weighted by Crippen LogP contribution is 2.19. The smallest absolute Gasteiger partial charge is 0.471 e. The largest absolute Gasteiger partial charge is 0.481 e. The second-order valence-corrected chi connectivity index (χ2v) is 3.39. The number of carbonyl (C=O) groups is 2. The van der Waals surface area contributed by atoms with E-state index >= 15 is 0 Å². The number of hydrogen-bond donors (Lipinski definition) is 2. The Labute approximate surface area is 88.6 Å². The Hall–Kier alpha value is -1.31. The summed E-state index contributed by atoms with van der Waals surface area (Å²) in [5.74, 6) is -4.54. The van der Waals surface area contributed by atoms with Gasteiger partial charge in [-0.2, -0.15) is 13.2 Å². The number of amides is 1. The maximum absolute atomic E-state index is 11.9. The van der Waals surface area contributed by atoms with Gasteiger partial charge in [0, 0.05) is 12.6 Å². The van der Waals surface area contributed by atoms with Crippen molar-refractivity contribution in [2.75, 3.05) is 13.2 Å². The lowest BCUT2D eigenvalue weighted by molar-refractivity contribution is -0.176. The van der Waals surface area contributed by atoms with Crippen LogP contribution in [0.5, 0.6) is 0 Å². The van der Waals surface area contributed by atoms with Crippen molar-refractivity contribution in [2.45, 2.75) is 18.6 Å². The molecule has 1 amide bonds. The molecular formula is C8H10F3NO4. The number of carboxylic acids is 1. The van der Waals surface area contributed by atoms with Gasteiger partial charge in [-0.05, 0) is 6.42 Å². The summed E-state index contributed by atoms with van der Waals surface area (Å²) in [7, 11) is 0. The van der Waals surface area contributed by atoms with E-state index in [1.807, 2.05) is 0 Å². The predicted octanol–water partition coefficient (Wildman–Crippen LogP) is 0.155. The van der Waals surface area contributed by atoms with Crippen molar-refractivity contribution in [3.05, 3.63) is 0 Å². The fourth-order valence-corrected chi connectivity index (χ4v) is 1.40. The van der Waals surface area contributed by atoms with E-state index in [2.05, 4.69) is 0 Å². The minimum Gasteiger partial charge on any atom is -0.481 e. The Balaban J connectivity index is 2.63. The number of aliphatic carboxylic acids is 1. The minimum absolute atomic E-state index is 0.0544. The van der Waals surface area contributed by atoms with Crippen LogP contribution in [-0.2, 0) is 14.3 Å². The van der Waals surface area contributed by atoms with E-state index < -0.39 is 30.0 Å². The van der Waals surface area contributed by atoms with E-state index in [1.165, 1.54) is 0 Å². The highest BCUT2D eigenvalue weighted by atomic mass is 19.4. The SMILES string of the molecule is O=C(O)[C@H]1COCC[C@H]1NC(=O)C(F)(F)F. The van der Waals surface area contributed by atoms with Gasteiger partial charge in [0.15, 0.2) is 0 Å². The van der Waals surface area contributed by atoms with Crippen molar-refractivity contribution < 1.29 is 32.6 Å². The molecule has 92 valence electrons. The van der Waals surface area contributed by atoms with Crippen LogP contribution in [0.3, 0.4) is 0 Å². The average molecular weight is 241 g/mol. The van der Waals surface area contributed by atoms with Crippen molar-refractivity contribution in [1.29, 1.82) is 0 Å². The third-order valence-corrected chi connectivity index (χ3v) is 2.25. The highest BCUT2D eigenvalue weighted by molar-refractivity contribution is 5.83. The lowest BCUT2D eigenvalue weighted by Gasteiger charge is -2.29. The maximum atomic E-state index is 11.9. The third kappa shape index (κ3) is 3.09. The minimum atomic E-state index is -5.00. The molecule has 1 heterocycles. The molecule has 1 fully saturated rings. The molecule has 16 heavy (non-hydrogen) atoms. The van der Waals surface area contributed by atoms with E-state index in [9.17, 15) is 22.8 Å². The van der Waals surface area contributed by atoms with Gasteiger partial charge in [-0.3, -0.25) is 9.59 Å². The molecule has 0 saturated carbocycles. The molecule has 0 aromatic heterocycles. The molecule has 1 aliphatic rings. The fourth-order valence-electron chi connectivity index (χ4n) is 1.40. The van der Waals surface area contributed by atoms with Gasteiger partial charge in [0.2, 0.25) is 0 Å². The zero-order valence-corrected chi connectivity index (χ0v) is 8.08. The molecule has 0 bridgehead atoms. The van der Waals surface area contributed by atoms with Crippen LogP contribution in [0.2, 0.25) is 0 Å². The molecule has 0 radical (unpaired) electrons. The molecule has 5 nitrogen and oxygen atoms in total. The molecule has 8 heteroatoms. The Morgan fingerprint density at radius 2 is 2.00 bits per heavy atom. The topological polar surface area (TPSA) is 75.6 Å². The monoisotopic (exact) mass is 241 g/mol. The molecule has 0 aromatic rings. The number of alkyl halides is 3. The first-order valence-corrected chi connectivity index (χ1v) is 4.50. The second kappa shape index (κ2) is 4.69. The van der Waals surface area contributed by atoms with Crippen LogP contribution in [0.1, 0.15) is 6.42 Å². The Kier molecular flexibility index (Phi) is 3.74. The first-order chi connectivity index (χ1) is 7.32. The summed E-state index contributed by atoms with van der Waals surface area (Å²) < 4.78 is 40.7. The van der Waals surface area contributed by atoms with E-state index in [0.717, 1.165) is 0 Å². The van der Waals surface area contributed by atoms with Crippen LogP contribution in [0.15, 0.2) is 0 Å². The molecule has 2 atom stereocenters. The van der Waals surface area contributed by atoms with Crippen LogP contribution in [0, 0.1) is 5.92 Å². The van der Waals surface area contributed by atoms with Gasteiger partial charge in [-0.1, -0.05) is 0 Å². The van der Waals surface area contributed by atoms with E-state index in [-0.39, 0.29) is 19.6 Å². The fraction of sp³-hybridized carbons (Fsp3) is 0.750. The number of halogens is 3. The Morgan fingerprint density at radius 1 is 1.38 bits per heavy atom. The third-order valence-electron chi connectivity index (χ3n) is 2.25. The predicted molar refractivity (Wildman–Crippen MR) is 44.5 cm³/mol. The lowest BCUT2D eigenvalue weighted by Crippen LogP contribution is -2.51. The van der Waals surface area contributed by atoms with Gasteiger partial charge < -0.3 is 15.2 Å². The van der Waals surface area contributed by atoms with Crippen LogP contribution >= 0.6 is 0 Å². The second-order valence-electron chi connectivity index (χ2n) is 3.39. The van der Waals surface area contributed by atoms with E-state index in [4.69, 9.17) is 9.84 Å². The maximum Gasteiger partial charge on any atom is 0.471 e. The standard InChI is InChI=1S/C8H10F3NO4/c9-8(10,11)7(15)12-5-1-2-16-3-4(5)6(13)14/h4-5H,1-3H2,(H,12,15)(H,13,14)/t4-,5+/m0/s1. The number of ether oxygens (including phenoxy) is 1. The van der Waals surface area contributed by atoms with Gasteiger partial charge in [-0.25, -0.2) is 0 Å². The van der Waals surface area contributed by atoms with Gasteiger partial charge in [0.05, 0.1) is 6.61 Å². The van der Waals surface area contributed by atoms with Crippen molar-refractivity contribution in [2.24, 2.45) is 5.92 Å². The van der Waals surface area contributed by atoms with Crippen LogP contribution in [-0.4, -0.2) is 42.4 Å². The number of carboxylic acid groups (broad SMARTS) is 1. The summed E-state index contributed by atoms with van der Waals surface area (Å²) in [6.45, 7) is -0.0648. The number of carbonyl (C=O) groups excluding carboxylic acids is 1. The zero-order chi connectivity index (χ0) is 12.3. The van der Waals surface area contributed by atoms with Crippen molar-refractivity contribution in [3.8, 4) is 0 Å². The zero-order valence-electron chi connectivity index (χ0n) is 8.08. The van der Waals surface area contributed by atoms with Crippen molar-refractivity contribution >= 4 is 11.9 Å². The highest BCUT2D eigenvalue weighted by Gasteiger charge is 2.42. The summed E-state index contributed by atoms with van der Waals surface area (Å²) in [6, 6.07) is -1.04. The van der Waals surface area contributed by atoms with E-state index in [1.54, 1.807) is 5.32 Å². The first kappa shape index (κ1) is 12.8. The molecule has 0 aromatic carbocycles. The molecule has 0 aliphatic carbocycles. The molecule has 0 spiro atoms. The van der Waals surface area contributed by atoms with Gasteiger partial charge in [-0.15, -0.1) is 0 Å². The molecule has 1 aliphatic heterocycles. The summed E-state index contributed by atoms with van der Waals surface area (Å²) in [6.07, 6.45) is -4.94. The molecule has 2 N–H and O–H groups in total. The summed E-state index contributed by atoms with van der Waals surface area (Å²) >= 11 is 0. The lowest BCUT2D eigenvalue weighted by atomic mass is 9.96. The quantitative estimate of drug-likeness (QED) is 0.721. The summed E-state index contributed by atoms with van der Waals surface area (Å²) in [5, 5.41) is 10.4. The summed E-state index contributed by atoms with van der Waals surface area (Å²) in [5.41, 5.74) is 0. The molecule has 0 unspecified atom stereocenters. The summed E-state index contributed by atoms with van der Waals surface area (Å²) in [4.78, 5) is 21.3. The van der Waals surface area contributed by atoms with Gasteiger partial charge >= 0.3 is 18.1 Å². The van der Waals surface area contributed by atoms with Crippen molar-refractivity contribution in [3.63, 3.8) is 0 Å². The van der Waals surface area contributed by atoms with Crippen LogP contribution in [0.4, 0.5) is 13.2 Å². The number of nitrogens with one attached hydrogen (secondary N) is 1. The van der Waals surface area contributed by atoms with Crippen LogP contribution in [0.25, 0.3) is 0 Å². The van der Waals surface area contributed by atoms with Gasteiger partial charge in [0.1, 0.15) is 5.92 Å². The van der Waals surface area contributed by atoms with Crippen molar-refractivity contribution in [1.82, 2.24) is 5.32 Å². The molecular weight excluding hydrogens is 231 g/mol. The molecule has 1 rings (SSSR count). The normalized spacial score (nSPS) is 26.2. The van der Waals surface area contributed by atoms with Gasteiger partial charge in [0.25, 0.3) is 0 Å². The average Bonchev–Trinajstić information content (AvgIpc) is 2.16. The number of rotatable bonds is 2. The number of hydrogen-bond acceptors (Lipinski definition) is 3.